The van der Waals surface area contributed by atoms with Gasteiger partial charge in [0.25, 0.3) is 0 Å². The fraction of sp³-hybridized carbons (Fsp3) is 0.0556. The second-order valence-corrected chi connectivity index (χ2v) is 8.90. The van der Waals surface area contributed by atoms with Gasteiger partial charge in [-0.05, 0) is 18.7 Å². The first-order chi connectivity index (χ1) is 11.1. The Morgan fingerprint density at radius 3 is 1.91 bits per heavy atom. The van der Waals surface area contributed by atoms with E-state index in [4.69, 9.17) is 20.7 Å². The van der Waals surface area contributed by atoms with E-state index >= 15 is 0 Å². The fourth-order valence-electron chi connectivity index (χ4n) is 2.28. The molecule has 0 spiro atoms. The number of benzene rings is 2. The highest BCUT2D eigenvalue weighted by atomic mass is 32.4. The van der Waals surface area contributed by atoms with Gasteiger partial charge in [0.1, 0.15) is 11.5 Å². The van der Waals surface area contributed by atoms with Gasteiger partial charge in [-0.1, -0.05) is 60.7 Å². The predicted octanol–water partition coefficient (Wildman–Crippen LogP) is 3.37. The fourth-order valence-corrected chi connectivity index (χ4v) is 5.31. The average molecular weight is 342 g/mol. The minimum absolute atomic E-state index is 0.440. The molecule has 0 bridgehead atoms. The third-order valence-corrected chi connectivity index (χ3v) is 7.21. The van der Waals surface area contributed by atoms with E-state index in [1.165, 1.54) is 6.07 Å². The van der Waals surface area contributed by atoms with Crippen LogP contribution >= 0.6 is 6.26 Å². The van der Waals surface area contributed by atoms with Crippen LogP contribution in [0.1, 0.15) is 5.76 Å². The molecule has 5 heteroatoms. The molecule has 3 nitrogen and oxygen atoms in total. The maximum Gasteiger partial charge on any atom is 0.339 e. The lowest BCUT2D eigenvalue weighted by atomic mass is 10.4. The van der Waals surface area contributed by atoms with Crippen molar-refractivity contribution in [2.75, 3.05) is 0 Å². The Bertz CT molecular complexity index is 861. The van der Waals surface area contributed by atoms with Crippen LogP contribution in [-0.4, -0.2) is 0 Å². The first-order valence-corrected chi connectivity index (χ1v) is 9.83. The van der Waals surface area contributed by atoms with E-state index in [1.54, 1.807) is 13.0 Å². The van der Waals surface area contributed by atoms with Gasteiger partial charge in [-0.3, -0.25) is 0 Å². The number of rotatable bonds is 4. The van der Waals surface area contributed by atoms with Crippen molar-refractivity contribution in [3.05, 3.63) is 89.0 Å². The molecule has 0 unspecified atom stereocenters. The summed E-state index contributed by atoms with van der Waals surface area (Å²) in [4.78, 5) is 11.6. The van der Waals surface area contributed by atoms with Gasteiger partial charge in [-0.25, -0.2) is 4.79 Å². The van der Waals surface area contributed by atoms with Crippen molar-refractivity contribution in [1.82, 2.24) is 0 Å². The molecule has 2 aromatic carbocycles. The number of aryl methyl sites for hydroxylation is 1. The van der Waals surface area contributed by atoms with Crippen LogP contribution in [0.2, 0.25) is 0 Å². The lowest BCUT2D eigenvalue weighted by Crippen LogP contribution is -2.20. The Labute approximate surface area is 139 Å². The van der Waals surface area contributed by atoms with Gasteiger partial charge in [-0.2, -0.15) is 0 Å². The predicted molar refractivity (Wildman–Crippen MR) is 96.8 cm³/mol. The zero-order valence-electron chi connectivity index (χ0n) is 12.5. The standard InChI is InChI=1S/C18H15O3PS/c1-14-12-15(13-18(19)20-14)21-22(23,16-8-4-2-5-9-16)17-10-6-3-7-11-17/h2-13H,1H3. The van der Waals surface area contributed by atoms with E-state index < -0.39 is 11.9 Å². The highest BCUT2D eigenvalue weighted by Crippen LogP contribution is 2.45. The molecular formula is C18H15O3PS. The van der Waals surface area contributed by atoms with Crippen molar-refractivity contribution in [3.63, 3.8) is 0 Å². The Morgan fingerprint density at radius 1 is 0.913 bits per heavy atom. The quantitative estimate of drug-likeness (QED) is 0.682. The summed E-state index contributed by atoms with van der Waals surface area (Å²) in [6.45, 7) is 1.71. The van der Waals surface area contributed by atoms with Crippen molar-refractivity contribution < 1.29 is 8.94 Å². The molecule has 23 heavy (non-hydrogen) atoms. The Morgan fingerprint density at radius 2 is 1.43 bits per heavy atom. The van der Waals surface area contributed by atoms with Crippen LogP contribution in [0.25, 0.3) is 0 Å². The number of hydrogen-bond donors (Lipinski definition) is 0. The first-order valence-electron chi connectivity index (χ1n) is 7.10. The zero-order valence-corrected chi connectivity index (χ0v) is 14.2. The number of hydrogen-bond acceptors (Lipinski definition) is 4. The highest BCUT2D eigenvalue weighted by molar-refractivity contribution is 8.19. The molecule has 0 saturated carbocycles. The monoisotopic (exact) mass is 342 g/mol. The smallest absolute Gasteiger partial charge is 0.339 e. The van der Waals surface area contributed by atoms with Crippen LogP contribution in [0.15, 0.2) is 82.0 Å². The van der Waals surface area contributed by atoms with Gasteiger partial charge in [0.15, 0.2) is 6.26 Å². The van der Waals surface area contributed by atoms with Crippen molar-refractivity contribution >= 4 is 28.7 Å². The van der Waals surface area contributed by atoms with Gasteiger partial charge in [-0.15, -0.1) is 0 Å². The second-order valence-electron chi connectivity index (χ2n) is 5.04. The average Bonchev–Trinajstić information content (AvgIpc) is 2.55. The summed E-state index contributed by atoms with van der Waals surface area (Å²) in [6.07, 6.45) is -2.53. The summed E-state index contributed by atoms with van der Waals surface area (Å²) in [5.41, 5.74) is -0.442. The first kappa shape index (κ1) is 15.7. The largest absolute Gasteiger partial charge is 0.457 e. The Balaban J connectivity index is 2.13. The van der Waals surface area contributed by atoms with Crippen LogP contribution in [0.4, 0.5) is 0 Å². The molecule has 0 amide bonds. The molecule has 0 aliphatic heterocycles. The summed E-state index contributed by atoms with van der Waals surface area (Å²) >= 11 is 5.96. The Kier molecular flexibility index (Phi) is 4.46. The van der Waals surface area contributed by atoms with Crippen molar-refractivity contribution in [3.8, 4) is 5.75 Å². The maximum atomic E-state index is 11.6. The minimum atomic E-state index is -2.53. The van der Waals surface area contributed by atoms with Crippen LogP contribution in [-0.2, 0) is 11.8 Å². The lowest BCUT2D eigenvalue weighted by molar-refractivity contribution is 0.469. The Hall–Kier alpha value is -2.16. The molecule has 116 valence electrons. The van der Waals surface area contributed by atoms with Gasteiger partial charge in [0, 0.05) is 16.7 Å². The molecule has 0 saturated heterocycles. The molecule has 1 heterocycles. The molecule has 3 aromatic rings. The highest BCUT2D eigenvalue weighted by Gasteiger charge is 2.25. The minimum Gasteiger partial charge on any atom is -0.457 e. The molecule has 0 N–H and O–H groups in total. The van der Waals surface area contributed by atoms with Crippen molar-refractivity contribution in [2.24, 2.45) is 0 Å². The van der Waals surface area contributed by atoms with Gasteiger partial charge >= 0.3 is 5.63 Å². The van der Waals surface area contributed by atoms with Crippen molar-refractivity contribution in [1.29, 1.82) is 0 Å². The molecule has 0 aliphatic carbocycles. The van der Waals surface area contributed by atoms with Crippen LogP contribution in [0, 0.1) is 6.92 Å². The SMILES string of the molecule is Cc1cc(OP(=S)(c2ccccc2)c2ccccc2)cc(=O)o1. The summed E-state index contributed by atoms with van der Waals surface area (Å²) < 4.78 is 11.2. The summed E-state index contributed by atoms with van der Waals surface area (Å²) in [6, 6.07) is 22.5. The molecule has 0 atom stereocenters. The molecule has 0 aliphatic rings. The van der Waals surface area contributed by atoms with E-state index in [9.17, 15) is 4.79 Å². The van der Waals surface area contributed by atoms with Gasteiger partial charge in [0.05, 0.1) is 6.07 Å². The topological polar surface area (TPSA) is 39.4 Å². The summed E-state index contributed by atoms with van der Waals surface area (Å²) in [5, 5.41) is 1.87. The van der Waals surface area contributed by atoms with Crippen LogP contribution in [0.5, 0.6) is 5.75 Å². The normalized spacial score (nSPS) is 11.2. The third-order valence-electron chi connectivity index (χ3n) is 3.29. The molecule has 1 aromatic heterocycles. The molecular weight excluding hydrogens is 327 g/mol. The third kappa shape index (κ3) is 3.44. The summed E-state index contributed by atoms with van der Waals surface area (Å²) in [5.74, 6) is 0.935. The van der Waals surface area contributed by atoms with Crippen LogP contribution < -0.4 is 20.8 Å². The second kappa shape index (κ2) is 6.53. The van der Waals surface area contributed by atoms with E-state index in [1.807, 2.05) is 60.7 Å². The van der Waals surface area contributed by atoms with Gasteiger partial charge in [0.2, 0.25) is 0 Å². The molecule has 0 fully saturated rings. The zero-order chi connectivity index (χ0) is 16.3. The van der Waals surface area contributed by atoms with E-state index in [-0.39, 0.29) is 0 Å². The molecule has 3 rings (SSSR count). The van der Waals surface area contributed by atoms with Gasteiger partial charge < -0.3 is 8.94 Å². The van der Waals surface area contributed by atoms with Crippen LogP contribution in [0.3, 0.4) is 0 Å². The maximum absolute atomic E-state index is 11.6. The summed E-state index contributed by atoms with van der Waals surface area (Å²) in [7, 11) is 0. The van der Waals surface area contributed by atoms with E-state index in [2.05, 4.69) is 0 Å². The van der Waals surface area contributed by atoms with E-state index in [0.717, 1.165) is 10.6 Å². The molecule has 0 radical (unpaired) electrons. The lowest BCUT2D eigenvalue weighted by Gasteiger charge is -2.24. The van der Waals surface area contributed by atoms with E-state index in [0.29, 0.717) is 11.5 Å². The van der Waals surface area contributed by atoms with Crippen molar-refractivity contribution in [2.45, 2.75) is 6.92 Å².